The Morgan fingerprint density at radius 2 is 2.10 bits per heavy atom. The first-order chi connectivity index (χ1) is 9.71. The fourth-order valence-corrected chi connectivity index (χ4v) is 3.03. The van der Waals surface area contributed by atoms with Crippen LogP contribution in [0, 0.1) is 5.82 Å². The van der Waals surface area contributed by atoms with Gasteiger partial charge in [-0.3, -0.25) is 4.90 Å². The third-order valence-corrected chi connectivity index (χ3v) is 4.06. The molecule has 0 radical (unpaired) electrons. The molecule has 0 bridgehead atoms. The minimum absolute atomic E-state index is 0.180. The molecule has 2 saturated heterocycles. The Labute approximate surface area is 118 Å². The predicted molar refractivity (Wildman–Crippen MR) is 73.4 cm³/mol. The smallest absolute Gasteiger partial charge is 0.181 e. The van der Waals surface area contributed by atoms with E-state index < -0.39 is 5.79 Å². The summed E-state index contributed by atoms with van der Waals surface area (Å²) in [5.41, 5.74) is 7.05. The first kappa shape index (κ1) is 13.9. The summed E-state index contributed by atoms with van der Waals surface area (Å²) < 4.78 is 25.5. The van der Waals surface area contributed by atoms with Crippen molar-refractivity contribution in [3.05, 3.63) is 35.1 Å². The molecule has 2 heterocycles. The van der Waals surface area contributed by atoms with Crippen molar-refractivity contribution in [3.63, 3.8) is 0 Å². The zero-order valence-corrected chi connectivity index (χ0v) is 11.6. The van der Waals surface area contributed by atoms with Crippen LogP contribution in [0.25, 0.3) is 0 Å². The summed E-state index contributed by atoms with van der Waals surface area (Å²) in [6.07, 6.45) is 1.95. The quantitative estimate of drug-likeness (QED) is 0.914. The molecule has 0 aliphatic carbocycles. The van der Waals surface area contributed by atoms with E-state index in [4.69, 9.17) is 15.2 Å². The maximum Gasteiger partial charge on any atom is 0.181 e. The lowest BCUT2D eigenvalue weighted by Crippen LogP contribution is -2.48. The van der Waals surface area contributed by atoms with Gasteiger partial charge < -0.3 is 15.2 Å². The van der Waals surface area contributed by atoms with Crippen molar-refractivity contribution in [2.24, 2.45) is 5.73 Å². The van der Waals surface area contributed by atoms with Crippen LogP contribution in [0.5, 0.6) is 0 Å². The molecule has 2 aliphatic rings. The van der Waals surface area contributed by atoms with Crippen LogP contribution in [-0.2, 0) is 22.6 Å². The zero-order valence-electron chi connectivity index (χ0n) is 11.6. The maximum atomic E-state index is 14.0. The van der Waals surface area contributed by atoms with Gasteiger partial charge in [0.25, 0.3) is 0 Å². The van der Waals surface area contributed by atoms with Gasteiger partial charge in [-0.05, 0) is 24.6 Å². The van der Waals surface area contributed by atoms with Crippen molar-refractivity contribution < 1.29 is 13.9 Å². The second-order valence-corrected chi connectivity index (χ2v) is 5.55. The molecule has 5 heteroatoms. The second kappa shape index (κ2) is 5.77. The molecule has 0 saturated carbocycles. The zero-order chi connectivity index (χ0) is 14.0. The largest absolute Gasteiger partial charge is 0.346 e. The van der Waals surface area contributed by atoms with E-state index in [1.54, 1.807) is 0 Å². The Hall–Kier alpha value is -1.01. The average Bonchev–Trinajstić information content (AvgIpc) is 2.89. The number of rotatable bonds is 3. The first-order valence-electron chi connectivity index (χ1n) is 7.18. The van der Waals surface area contributed by atoms with E-state index in [0.717, 1.165) is 24.9 Å². The molecule has 2 aliphatic heterocycles. The van der Waals surface area contributed by atoms with Crippen molar-refractivity contribution in [1.82, 2.24) is 4.90 Å². The van der Waals surface area contributed by atoms with E-state index in [0.29, 0.717) is 38.4 Å². The van der Waals surface area contributed by atoms with E-state index in [-0.39, 0.29) is 5.82 Å². The molecule has 1 aromatic rings. The van der Waals surface area contributed by atoms with Crippen LogP contribution in [0.2, 0.25) is 0 Å². The van der Waals surface area contributed by atoms with E-state index >= 15 is 0 Å². The fraction of sp³-hybridized carbons (Fsp3) is 0.600. The Morgan fingerprint density at radius 1 is 1.30 bits per heavy atom. The summed E-state index contributed by atoms with van der Waals surface area (Å²) in [6, 6.07) is 5.24. The van der Waals surface area contributed by atoms with Crippen LogP contribution < -0.4 is 5.73 Å². The number of likely N-dealkylation sites (tertiary alicyclic amines) is 1. The number of ether oxygens (including phenoxy) is 2. The molecule has 0 amide bonds. The van der Waals surface area contributed by atoms with Crippen LogP contribution in [0.4, 0.5) is 4.39 Å². The molecule has 1 spiro atoms. The van der Waals surface area contributed by atoms with Gasteiger partial charge in [0.2, 0.25) is 0 Å². The van der Waals surface area contributed by atoms with Crippen molar-refractivity contribution >= 4 is 0 Å². The standard InChI is InChI=1S/C15H21FN2O2/c16-14-8-12(9-17)2-3-13(14)10-18-5-1-4-15(11-18)19-6-7-20-15/h2-3,8H,1,4-7,9-11,17H2. The second-order valence-electron chi connectivity index (χ2n) is 5.55. The molecule has 4 nitrogen and oxygen atoms in total. The Bertz CT molecular complexity index is 475. The van der Waals surface area contributed by atoms with Gasteiger partial charge in [-0.1, -0.05) is 12.1 Å². The molecule has 0 unspecified atom stereocenters. The number of benzene rings is 1. The van der Waals surface area contributed by atoms with Gasteiger partial charge in [0.15, 0.2) is 5.79 Å². The highest BCUT2D eigenvalue weighted by molar-refractivity contribution is 5.24. The first-order valence-corrected chi connectivity index (χ1v) is 7.18. The van der Waals surface area contributed by atoms with Crippen LogP contribution in [0.15, 0.2) is 18.2 Å². The maximum absolute atomic E-state index is 14.0. The Balaban J connectivity index is 1.68. The van der Waals surface area contributed by atoms with E-state index in [9.17, 15) is 4.39 Å². The van der Waals surface area contributed by atoms with Crippen LogP contribution >= 0.6 is 0 Å². The highest BCUT2D eigenvalue weighted by atomic mass is 19.1. The number of hydrogen-bond acceptors (Lipinski definition) is 4. The minimum atomic E-state index is -0.452. The van der Waals surface area contributed by atoms with Gasteiger partial charge in [-0.15, -0.1) is 0 Å². The fourth-order valence-electron chi connectivity index (χ4n) is 3.03. The number of piperidine rings is 1. The van der Waals surface area contributed by atoms with Gasteiger partial charge in [-0.25, -0.2) is 4.39 Å². The summed E-state index contributed by atoms with van der Waals surface area (Å²) in [7, 11) is 0. The van der Waals surface area contributed by atoms with Gasteiger partial charge in [0.1, 0.15) is 5.82 Å². The summed E-state index contributed by atoms with van der Waals surface area (Å²) in [5.74, 6) is -0.632. The van der Waals surface area contributed by atoms with Crippen LogP contribution in [0.3, 0.4) is 0 Å². The normalized spacial score (nSPS) is 22.5. The summed E-state index contributed by atoms with van der Waals surface area (Å²) in [6.45, 7) is 3.94. The summed E-state index contributed by atoms with van der Waals surface area (Å²) in [5, 5.41) is 0. The lowest BCUT2D eigenvalue weighted by molar-refractivity contribution is -0.190. The molecular formula is C15H21FN2O2. The van der Waals surface area contributed by atoms with Crippen molar-refractivity contribution in [3.8, 4) is 0 Å². The molecule has 3 rings (SSSR count). The van der Waals surface area contributed by atoms with Crippen molar-refractivity contribution in [2.45, 2.75) is 31.7 Å². The van der Waals surface area contributed by atoms with Crippen LogP contribution in [-0.4, -0.2) is 37.0 Å². The highest BCUT2D eigenvalue weighted by Gasteiger charge is 2.40. The molecule has 20 heavy (non-hydrogen) atoms. The summed E-state index contributed by atoms with van der Waals surface area (Å²) >= 11 is 0. The SMILES string of the molecule is NCc1ccc(CN2CCCC3(C2)OCCO3)c(F)c1. The van der Waals surface area contributed by atoms with Gasteiger partial charge in [-0.2, -0.15) is 0 Å². The molecule has 1 aromatic carbocycles. The average molecular weight is 280 g/mol. The third kappa shape index (κ3) is 2.86. The third-order valence-electron chi connectivity index (χ3n) is 4.06. The minimum Gasteiger partial charge on any atom is -0.346 e. The van der Waals surface area contributed by atoms with Gasteiger partial charge in [0.05, 0.1) is 19.8 Å². The molecule has 0 aromatic heterocycles. The molecule has 2 fully saturated rings. The predicted octanol–water partition coefficient (Wildman–Crippen LogP) is 1.62. The topological polar surface area (TPSA) is 47.7 Å². The van der Waals surface area contributed by atoms with E-state index in [2.05, 4.69) is 4.90 Å². The Morgan fingerprint density at radius 3 is 2.80 bits per heavy atom. The number of halogens is 1. The van der Waals surface area contributed by atoms with Crippen LogP contribution in [0.1, 0.15) is 24.0 Å². The lowest BCUT2D eigenvalue weighted by atomic mass is 10.0. The molecule has 110 valence electrons. The van der Waals surface area contributed by atoms with Gasteiger partial charge >= 0.3 is 0 Å². The highest BCUT2D eigenvalue weighted by Crippen LogP contribution is 2.30. The van der Waals surface area contributed by atoms with Gasteiger partial charge in [0, 0.05) is 25.1 Å². The molecule has 2 N–H and O–H groups in total. The Kier molecular flexibility index (Phi) is 4.03. The van der Waals surface area contributed by atoms with E-state index in [1.807, 2.05) is 12.1 Å². The lowest BCUT2D eigenvalue weighted by Gasteiger charge is -2.38. The molecular weight excluding hydrogens is 259 g/mol. The number of hydrogen-bond donors (Lipinski definition) is 1. The van der Waals surface area contributed by atoms with E-state index in [1.165, 1.54) is 6.07 Å². The molecule has 0 atom stereocenters. The number of nitrogens with zero attached hydrogens (tertiary/aromatic N) is 1. The number of nitrogens with two attached hydrogens (primary N) is 1. The van der Waals surface area contributed by atoms with Crippen molar-refractivity contribution in [1.29, 1.82) is 0 Å². The monoisotopic (exact) mass is 280 g/mol. The summed E-state index contributed by atoms with van der Waals surface area (Å²) in [4.78, 5) is 2.20. The van der Waals surface area contributed by atoms with Crippen molar-refractivity contribution in [2.75, 3.05) is 26.3 Å².